The van der Waals surface area contributed by atoms with Crippen LogP contribution >= 0.6 is 0 Å². The van der Waals surface area contributed by atoms with Gasteiger partial charge in [0, 0.05) is 17.3 Å². The van der Waals surface area contributed by atoms with E-state index in [1.165, 1.54) is 0 Å². The molecule has 5 heteroatoms. The van der Waals surface area contributed by atoms with Gasteiger partial charge < -0.3 is 19.1 Å². The number of benzene rings is 4. The van der Waals surface area contributed by atoms with Crippen molar-refractivity contribution in [3.63, 3.8) is 0 Å². The van der Waals surface area contributed by atoms with Gasteiger partial charge in [0.2, 0.25) is 5.88 Å². The maximum atomic E-state index is 11.6. The molecule has 0 fully saturated rings. The van der Waals surface area contributed by atoms with Crippen LogP contribution in [0.25, 0.3) is 32.8 Å². The summed E-state index contributed by atoms with van der Waals surface area (Å²) in [6.45, 7) is 3.07. The molecule has 1 N–H and O–H groups in total. The third-order valence-electron chi connectivity index (χ3n) is 5.95. The molecule has 34 heavy (non-hydrogen) atoms. The lowest BCUT2D eigenvalue weighted by Crippen LogP contribution is -2.11. The summed E-state index contributed by atoms with van der Waals surface area (Å²) in [5, 5.41) is 12.7. The number of hydrogen-bond acceptors (Lipinski definition) is 3. The predicted molar refractivity (Wildman–Crippen MR) is 135 cm³/mol. The number of ether oxygens (including phenoxy) is 2. The molecule has 0 saturated heterocycles. The molecule has 0 unspecified atom stereocenters. The molecular weight excluding hydrogens is 426 g/mol. The summed E-state index contributed by atoms with van der Waals surface area (Å²) in [7, 11) is 0. The van der Waals surface area contributed by atoms with E-state index in [0.717, 1.165) is 44.1 Å². The highest BCUT2D eigenvalue weighted by Gasteiger charge is 2.22. The average molecular weight is 452 g/mol. The van der Waals surface area contributed by atoms with Crippen LogP contribution in [-0.4, -0.2) is 22.4 Å². The van der Waals surface area contributed by atoms with Crippen LogP contribution in [0.5, 0.6) is 11.6 Å². The molecule has 0 saturated carbocycles. The fraction of sp³-hybridized carbons (Fsp3) is 0.138. The Kier molecular flexibility index (Phi) is 5.91. The Bertz CT molecular complexity index is 1480. The van der Waals surface area contributed by atoms with Crippen molar-refractivity contribution in [3.8, 4) is 22.8 Å². The quantitative estimate of drug-likeness (QED) is 0.208. The third-order valence-corrected chi connectivity index (χ3v) is 5.95. The average Bonchev–Trinajstić information content (AvgIpc) is 3.14. The second kappa shape index (κ2) is 9.32. The smallest absolute Gasteiger partial charge is 0.493 e. The monoisotopic (exact) mass is 451 g/mol. The van der Waals surface area contributed by atoms with E-state index in [0.29, 0.717) is 25.5 Å². The van der Waals surface area contributed by atoms with E-state index in [1.54, 1.807) is 0 Å². The molecule has 0 aliphatic carbocycles. The van der Waals surface area contributed by atoms with Crippen LogP contribution < -0.4 is 9.47 Å². The summed E-state index contributed by atoms with van der Waals surface area (Å²) in [6, 6.07) is 30.1. The number of carbonyl (C=O) groups is 1. The SMILES string of the molecule is Cc1cccc(-c2c(OC(=O)O)n(CCCOc3cccc4ccccc34)c3ccccc23)c1. The molecule has 0 radical (unpaired) electrons. The van der Waals surface area contributed by atoms with E-state index in [-0.39, 0.29) is 0 Å². The van der Waals surface area contributed by atoms with Gasteiger partial charge in [-0.15, -0.1) is 0 Å². The normalized spacial score (nSPS) is 11.1. The summed E-state index contributed by atoms with van der Waals surface area (Å²) in [5.74, 6) is 1.18. The Morgan fingerprint density at radius 2 is 1.62 bits per heavy atom. The molecule has 0 spiro atoms. The second-order valence-electron chi connectivity index (χ2n) is 8.27. The highest BCUT2D eigenvalue weighted by molar-refractivity contribution is 6.00. The maximum Gasteiger partial charge on any atom is 0.512 e. The number of nitrogens with zero attached hydrogens (tertiary/aromatic N) is 1. The van der Waals surface area contributed by atoms with Gasteiger partial charge in [-0.2, -0.15) is 0 Å². The Hall–Kier alpha value is -4.25. The van der Waals surface area contributed by atoms with Crippen molar-refractivity contribution in [2.24, 2.45) is 0 Å². The third kappa shape index (κ3) is 4.20. The summed E-state index contributed by atoms with van der Waals surface area (Å²) >= 11 is 0. The first-order chi connectivity index (χ1) is 16.6. The van der Waals surface area contributed by atoms with Gasteiger partial charge in [0.25, 0.3) is 0 Å². The molecule has 1 heterocycles. The van der Waals surface area contributed by atoms with Crippen molar-refractivity contribution >= 4 is 27.8 Å². The zero-order valence-corrected chi connectivity index (χ0v) is 18.9. The molecule has 5 rings (SSSR count). The highest BCUT2D eigenvalue weighted by Crippen LogP contribution is 2.40. The Balaban J connectivity index is 1.46. The van der Waals surface area contributed by atoms with Gasteiger partial charge in [0.05, 0.1) is 17.7 Å². The van der Waals surface area contributed by atoms with Crippen LogP contribution in [0.2, 0.25) is 0 Å². The topological polar surface area (TPSA) is 60.7 Å². The van der Waals surface area contributed by atoms with E-state index in [4.69, 9.17) is 9.47 Å². The van der Waals surface area contributed by atoms with Crippen LogP contribution in [0.3, 0.4) is 0 Å². The Labute approximate surface area is 197 Å². The summed E-state index contributed by atoms with van der Waals surface area (Å²) < 4.78 is 13.4. The Morgan fingerprint density at radius 1 is 0.882 bits per heavy atom. The molecule has 0 atom stereocenters. The molecule has 4 aromatic carbocycles. The number of carboxylic acid groups (broad SMARTS) is 1. The van der Waals surface area contributed by atoms with Crippen LogP contribution in [0, 0.1) is 6.92 Å². The van der Waals surface area contributed by atoms with Gasteiger partial charge in [-0.25, -0.2) is 4.79 Å². The number of para-hydroxylation sites is 1. The van der Waals surface area contributed by atoms with E-state index < -0.39 is 6.16 Å². The fourth-order valence-corrected chi connectivity index (χ4v) is 4.50. The van der Waals surface area contributed by atoms with Crippen molar-refractivity contribution in [1.29, 1.82) is 0 Å². The number of aryl methyl sites for hydroxylation is 2. The Morgan fingerprint density at radius 3 is 2.44 bits per heavy atom. The first kappa shape index (κ1) is 21.6. The lowest BCUT2D eigenvalue weighted by molar-refractivity contribution is 0.141. The molecule has 5 aromatic rings. The molecule has 170 valence electrons. The number of rotatable bonds is 7. The molecule has 5 nitrogen and oxygen atoms in total. The van der Waals surface area contributed by atoms with Gasteiger partial charge in [-0.05, 0) is 36.4 Å². The standard InChI is InChI=1S/C29H25NO4/c1-20-9-6-12-22(19-20)27-24-14-4-5-15-25(24)30(28(27)34-29(31)32)17-8-18-33-26-16-7-11-21-10-2-3-13-23(21)26/h2-7,9-16,19H,8,17-18H2,1H3,(H,31,32). The maximum absolute atomic E-state index is 11.6. The lowest BCUT2D eigenvalue weighted by atomic mass is 10.0. The van der Waals surface area contributed by atoms with Gasteiger partial charge >= 0.3 is 6.16 Å². The minimum absolute atomic E-state index is 0.337. The number of hydrogen-bond donors (Lipinski definition) is 1. The minimum Gasteiger partial charge on any atom is -0.493 e. The van der Waals surface area contributed by atoms with Gasteiger partial charge in [0.15, 0.2) is 0 Å². The molecular formula is C29H25NO4. The molecule has 0 amide bonds. The predicted octanol–water partition coefficient (Wildman–Crippen LogP) is 7.30. The largest absolute Gasteiger partial charge is 0.512 e. The van der Waals surface area contributed by atoms with E-state index in [2.05, 4.69) is 18.2 Å². The fourth-order valence-electron chi connectivity index (χ4n) is 4.50. The van der Waals surface area contributed by atoms with Crippen molar-refractivity contribution in [2.75, 3.05) is 6.61 Å². The van der Waals surface area contributed by atoms with E-state index in [1.807, 2.05) is 84.3 Å². The second-order valence-corrected chi connectivity index (χ2v) is 8.27. The van der Waals surface area contributed by atoms with Gasteiger partial charge in [-0.1, -0.05) is 84.4 Å². The summed E-state index contributed by atoms with van der Waals surface area (Å²) in [5.41, 5.74) is 3.74. The highest BCUT2D eigenvalue weighted by atomic mass is 16.7. The van der Waals surface area contributed by atoms with Crippen LogP contribution in [0.15, 0.2) is 91.0 Å². The van der Waals surface area contributed by atoms with Crippen LogP contribution in [0.1, 0.15) is 12.0 Å². The van der Waals surface area contributed by atoms with Gasteiger partial charge in [-0.3, -0.25) is 0 Å². The molecule has 0 aliphatic heterocycles. The zero-order chi connectivity index (χ0) is 23.5. The van der Waals surface area contributed by atoms with Crippen LogP contribution in [0.4, 0.5) is 4.79 Å². The number of fused-ring (bicyclic) bond motifs is 2. The lowest BCUT2D eigenvalue weighted by Gasteiger charge is -2.13. The van der Waals surface area contributed by atoms with Crippen molar-refractivity contribution < 1.29 is 19.4 Å². The van der Waals surface area contributed by atoms with Crippen molar-refractivity contribution in [2.45, 2.75) is 19.9 Å². The molecule has 0 bridgehead atoms. The summed E-state index contributed by atoms with van der Waals surface area (Å²) in [6.07, 6.45) is -0.643. The summed E-state index contributed by atoms with van der Waals surface area (Å²) in [4.78, 5) is 11.6. The molecule has 0 aliphatic rings. The van der Waals surface area contributed by atoms with Crippen molar-refractivity contribution in [1.82, 2.24) is 4.57 Å². The van der Waals surface area contributed by atoms with E-state index in [9.17, 15) is 9.90 Å². The number of aromatic nitrogens is 1. The first-order valence-electron chi connectivity index (χ1n) is 11.3. The van der Waals surface area contributed by atoms with Crippen molar-refractivity contribution in [3.05, 3.63) is 96.6 Å². The van der Waals surface area contributed by atoms with E-state index >= 15 is 0 Å². The zero-order valence-electron chi connectivity index (χ0n) is 18.9. The molecule has 1 aromatic heterocycles. The van der Waals surface area contributed by atoms with Crippen LogP contribution in [-0.2, 0) is 6.54 Å². The van der Waals surface area contributed by atoms with Gasteiger partial charge in [0.1, 0.15) is 5.75 Å². The first-order valence-corrected chi connectivity index (χ1v) is 11.3. The minimum atomic E-state index is -1.33.